The first-order chi connectivity index (χ1) is 9.43. The van der Waals surface area contributed by atoms with Crippen molar-refractivity contribution in [2.75, 3.05) is 6.54 Å². The molecule has 1 aliphatic heterocycles. The van der Waals surface area contributed by atoms with Gasteiger partial charge in [-0.2, -0.15) is 0 Å². The summed E-state index contributed by atoms with van der Waals surface area (Å²) in [6.45, 7) is 2.16. The number of piperidine rings is 1. The maximum Gasteiger partial charge on any atom is 0.326 e. The van der Waals surface area contributed by atoms with Gasteiger partial charge in [0.05, 0.1) is 0 Å². The summed E-state index contributed by atoms with van der Waals surface area (Å²) < 4.78 is 1.40. The molecular weight excluding hydrogens is 260 g/mol. The van der Waals surface area contributed by atoms with E-state index in [9.17, 15) is 19.5 Å². The van der Waals surface area contributed by atoms with E-state index < -0.39 is 17.9 Å². The maximum absolute atomic E-state index is 12.4. The molecule has 20 heavy (non-hydrogen) atoms. The summed E-state index contributed by atoms with van der Waals surface area (Å²) >= 11 is 0. The second-order valence-electron chi connectivity index (χ2n) is 5.10. The first-order valence-corrected chi connectivity index (χ1v) is 6.64. The minimum absolute atomic E-state index is 0.0336. The van der Waals surface area contributed by atoms with Crippen LogP contribution in [-0.2, 0) is 11.8 Å². The van der Waals surface area contributed by atoms with Crippen LogP contribution in [0.1, 0.15) is 35.3 Å². The monoisotopic (exact) mass is 278 g/mol. The number of amides is 1. The number of carboxylic acids is 1. The van der Waals surface area contributed by atoms with Crippen LogP contribution in [0.25, 0.3) is 0 Å². The van der Waals surface area contributed by atoms with Crippen LogP contribution in [0.2, 0.25) is 0 Å². The Labute approximate surface area is 116 Å². The molecule has 0 aliphatic carbocycles. The number of carbonyl (C=O) groups excluding carboxylic acids is 1. The van der Waals surface area contributed by atoms with Gasteiger partial charge in [-0.15, -0.1) is 0 Å². The van der Waals surface area contributed by atoms with Gasteiger partial charge in [-0.05, 0) is 38.3 Å². The summed E-state index contributed by atoms with van der Waals surface area (Å²) in [4.78, 5) is 37.1. The number of pyridine rings is 1. The van der Waals surface area contributed by atoms with Crippen molar-refractivity contribution < 1.29 is 14.7 Å². The van der Waals surface area contributed by atoms with Crippen molar-refractivity contribution in [3.05, 3.63) is 33.7 Å². The van der Waals surface area contributed by atoms with Crippen molar-refractivity contribution in [3.8, 4) is 0 Å². The summed E-state index contributed by atoms with van der Waals surface area (Å²) in [7, 11) is 1.60. The number of hydrogen-bond donors (Lipinski definition) is 1. The van der Waals surface area contributed by atoms with Gasteiger partial charge in [-0.1, -0.05) is 0 Å². The lowest BCUT2D eigenvalue weighted by Crippen LogP contribution is -2.49. The second kappa shape index (κ2) is 5.48. The van der Waals surface area contributed by atoms with Crippen molar-refractivity contribution in [2.45, 2.75) is 32.2 Å². The zero-order chi connectivity index (χ0) is 14.9. The minimum atomic E-state index is -1.01. The number of rotatable bonds is 2. The van der Waals surface area contributed by atoms with Gasteiger partial charge in [0.25, 0.3) is 11.5 Å². The van der Waals surface area contributed by atoms with E-state index in [1.807, 2.05) is 0 Å². The fourth-order valence-corrected chi connectivity index (χ4v) is 2.48. The molecule has 0 saturated carbocycles. The Hall–Kier alpha value is -2.11. The summed E-state index contributed by atoms with van der Waals surface area (Å²) in [6, 6.07) is 2.34. The fraction of sp³-hybridized carbons (Fsp3) is 0.500. The molecule has 108 valence electrons. The molecule has 2 rings (SSSR count). The van der Waals surface area contributed by atoms with Crippen molar-refractivity contribution in [1.29, 1.82) is 0 Å². The first kappa shape index (κ1) is 14.3. The molecule has 6 heteroatoms. The molecule has 1 aromatic heterocycles. The van der Waals surface area contributed by atoms with Gasteiger partial charge < -0.3 is 14.6 Å². The lowest BCUT2D eigenvalue weighted by atomic mass is 10.0. The van der Waals surface area contributed by atoms with Crippen molar-refractivity contribution in [2.24, 2.45) is 7.05 Å². The highest BCUT2D eigenvalue weighted by atomic mass is 16.4. The van der Waals surface area contributed by atoms with Crippen LogP contribution >= 0.6 is 0 Å². The fourth-order valence-electron chi connectivity index (χ4n) is 2.48. The van der Waals surface area contributed by atoms with E-state index in [0.29, 0.717) is 13.0 Å². The first-order valence-electron chi connectivity index (χ1n) is 6.64. The van der Waals surface area contributed by atoms with Crippen molar-refractivity contribution in [1.82, 2.24) is 9.47 Å². The summed E-state index contributed by atoms with van der Waals surface area (Å²) in [5, 5.41) is 9.20. The summed E-state index contributed by atoms with van der Waals surface area (Å²) in [5.74, 6) is -1.50. The molecule has 0 radical (unpaired) electrons. The molecule has 1 aromatic rings. The number of aromatic nitrogens is 1. The number of aryl methyl sites for hydroxylation is 1. The molecule has 1 atom stereocenters. The van der Waals surface area contributed by atoms with Gasteiger partial charge >= 0.3 is 5.97 Å². The Morgan fingerprint density at radius 2 is 2.00 bits per heavy atom. The van der Waals surface area contributed by atoms with Crippen LogP contribution in [0.3, 0.4) is 0 Å². The topological polar surface area (TPSA) is 79.6 Å². The highest BCUT2D eigenvalue weighted by Gasteiger charge is 2.33. The van der Waals surface area contributed by atoms with Gasteiger partial charge in [0.15, 0.2) is 0 Å². The third-order valence-electron chi connectivity index (χ3n) is 3.83. The van der Waals surface area contributed by atoms with Gasteiger partial charge in [-0.3, -0.25) is 9.59 Å². The third kappa shape index (κ3) is 2.45. The number of nitrogens with zero attached hydrogens (tertiary/aromatic N) is 2. The Morgan fingerprint density at radius 1 is 1.30 bits per heavy atom. The lowest BCUT2D eigenvalue weighted by molar-refractivity contribution is -0.143. The Balaban J connectivity index is 2.37. The number of carbonyl (C=O) groups is 2. The molecule has 1 fully saturated rings. The number of likely N-dealkylation sites (tertiary alicyclic amines) is 1. The largest absolute Gasteiger partial charge is 0.480 e. The smallest absolute Gasteiger partial charge is 0.326 e. The van der Waals surface area contributed by atoms with E-state index in [0.717, 1.165) is 18.5 Å². The normalized spacial score (nSPS) is 18.9. The highest BCUT2D eigenvalue weighted by Crippen LogP contribution is 2.19. The molecule has 6 nitrogen and oxygen atoms in total. The zero-order valence-corrected chi connectivity index (χ0v) is 11.6. The highest BCUT2D eigenvalue weighted by molar-refractivity contribution is 5.96. The number of carboxylic acid groups (broad SMARTS) is 1. The van der Waals surface area contributed by atoms with Crippen LogP contribution in [0.15, 0.2) is 16.9 Å². The van der Waals surface area contributed by atoms with E-state index in [4.69, 9.17) is 0 Å². The van der Waals surface area contributed by atoms with E-state index in [2.05, 4.69) is 0 Å². The van der Waals surface area contributed by atoms with Gasteiger partial charge in [0, 0.05) is 19.3 Å². The summed E-state index contributed by atoms with van der Waals surface area (Å²) in [5.41, 5.74) is 0.399. The molecular formula is C14H18N2O4. The molecule has 0 bridgehead atoms. The van der Waals surface area contributed by atoms with Gasteiger partial charge in [-0.25, -0.2) is 4.79 Å². The standard InChI is InChI=1S/C14H18N2O4/c1-9-6-7-10(12(17)15(9)2)13(18)16-8-4-3-5-11(16)14(19)20/h6-7,11H,3-5,8H2,1-2H3,(H,19,20)/t11-/m1/s1. The van der Waals surface area contributed by atoms with Crippen LogP contribution in [0.5, 0.6) is 0 Å². The molecule has 1 amide bonds. The number of aliphatic carboxylic acids is 1. The molecule has 0 spiro atoms. The third-order valence-corrected chi connectivity index (χ3v) is 3.83. The van der Waals surface area contributed by atoms with Gasteiger partial charge in [0.1, 0.15) is 11.6 Å². The van der Waals surface area contributed by atoms with Gasteiger partial charge in [0.2, 0.25) is 0 Å². The van der Waals surface area contributed by atoms with Crippen LogP contribution in [0, 0.1) is 6.92 Å². The zero-order valence-electron chi connectivity index (χ0n) is 11.6. The van der Waals surface area contributed by atoms with Crippen LogP contribution in [0.4, 0.5) is 0 Å². The minimum Gasteiger partial charge on any atom is -0.480 e. The van der Waals surface area contributed by atoms with Crippen molar-refractivity contribution in [3.63, 3.8) is 0 Å². The predicted molar refractivity (Wildman–Crippen MR) is 72.7 cm³/mol. The Kier molecular flexibility index (Phi) is 3.92. The van der Waals surface area contributed by atoms with Crippen LogP contribution < -0.4 is 5.56 Å². The van der Waals surface area contributed by atoms with Crippen LogP contribution in [-0.4, -0.2) is 39.0 Å². The maximum atomic E-state index is 12.4. The molecule has 1 saturated heterocycles. The average Bonchev–Trinajstić information content (AvgIpc) is 2.44. The van der Waals surface area contributed by atoms with Crippen molar-refractivity contribution >= 4 is 11.9 Å². The molecule has 0 aromatic carbocycles. The molecule has 2 heterocycles. The van der Waals surface area contributed by atoms with E-state index in [-0.39, 0.29) is 11.1 Å². The molecule has 1 aliphatic rings. The lowest BCUT2D eigenvalue weighted by Gasteiger charge is -2.32. The van der Waals surface area contributed by atoms with E-state index >= 15 is 0 Å². The number of hydrogen-bond acceptors (Lipinski definition) is 3. The average molecular weight is 278 g/mol. The predicted octanol–water partition coefficient (Wildman–Crippen LogP) is 0.773. The SMILES string of the molecule is Cc1ccc(C(=O)N2CCCC[C@@H]2C(=O)O)c(=O)n1C. The second-order valence-corrected chi connectivity index (χ2v) is 5.10. The molecule has 1 N–H and O–H groups in total. The Bertz CT molecular complexity index is 606. The van der Waals surface area contributed by atoms with E-state index in [1.54, 1.807) is 20.0 Å². The molecule has 0 unspecified atom stereocenters. The quantitative estimate of drug-likeness (QED) is 0.866. The Morgan fingerprint density at radius 3 is 2.65 bits per heavy atom. The summed E-state index contributed by atoms with van der Waals surface area (Å²) in [6.07, 6.45) is 1.99. The van der Waals surface area contributed by atoms with E-state index in [1.165, 1.54) is 15.5 Å².